The minimum atomic E-state index is -4.43. The molecule has 1 unspecified atom stereocenters. The van der Waals surface area contributed by atoms with Crippen LogP contribution < -0.4 is 10.2 Å². The van der Waals surface area contributed by atoms with Crippen molar-refractivity contribution >= 4 is 23.2 Å². The third-order valence-corrected chi connectivity index (χ3v) is 4.86. The highest BCUT2D eigenvalue weighted by Crippen LogP contribution is 2.32. The molecular weight excluding hydrogens is 357 g/mol. The summed E-state index contributed by atoms with van der Waals surface area (Å²) in [5.74, 6) is -1.11. The standard InChI is InChI=1S/C20H19F3N2O2/c1-12-4-3-5-17(13(12)2)24-19(27)14-10-18(26)25(11-14)16-8-6-15(7-9-16)20(21,22)23/h3-9,14H,10-11H2,1-2H3,(H,24,27). The van der Waals surface area contributed by atoms with Crippen LogP contribution in [0, 0.1) is 19.8 Å². The topological polar surface area (TPSA) is 49.4 Å². The molecule has 4 nitrogen and oxygen atoms in total. The minimum absolute atomic E-state index is 0.0255. The van der Waals surface area contributed by atoms with E-state index in [1.54, 1.807) is 6.07 Å². The molecule has 0 aliphatic carbocycles. The summed E-state index contributed by atoms with van der Waals surface area (Å²) in [5.41, 5.74) is 2.27. The monoisotopic (exact) mass is 376 g/mol. The van der Waals surface area contributed by atoms with E-state index in [0.29, 0.717) is 11.4 Å². The Morgan fingerprint density at radius 2 is 1.78 bits per heavy atom. The summed E-state index contributed by atoms with van der Waals surface area (Å²) in [5, 5.41) is 2.85. The van der Waals surface area contributed by atoms with E-state index in [1.165, 1.54) is 17.0 Å². The van der Waals surface area contributed by atoms with Crippen LogP contribution in [-0.2, 0) is 15.8 Å². The molecule has 2 aromatic rings. The smallest absolute Gasteiger partial charge is 0.326 e. The highest BCUT2D eigenvalue weighted by Gasteiger charge is 2.36. The van der Waals surface area contributed by atoms with Crippen molar-refractivity contribution in [2.24, 2.45) is 5.92 Å². The largest absolute Gasteiger partial charge is 0.416 e. The molecule has 2 amide bonds. The zero-order valence-corrected chi connectivity index (χ0v) is 14.9. The molecule has 1 aliphatic rings. The third kappa shape index (κ3) is 3.97. The number of anilines is 2. The van der Waals surface area contributed by atoms with Gasteiger partial charge in [0.25, 0.3) is 0 Å². The molecule has 2 aromatic carbocycles. The molecule has 7 heteroatoms. The number of amides is 2. The van der Waals surface area contributed by atoms with Gasteiger partial charge < -0.3 is 10.2 Å². The van der Waals surface area contributed by atoms with Gasteiger partial charge in [0.2, 0.25) is 11.8 Å². The molecule has 1 N–H and O–H groups in total. The Hall–Kier alpha value is -2.83. The molecule has 1 aliphatic heterocycles. The summed E-state index contributed by atoms with van der Waals surface area (Å²) >= 11 is 0. The summed E-state index contributed by atoms with van der Waals surface area (Å²) < 4.78 is 38.0. The van der Waals surface area contributed by atoms with Crippen LogP contribution in [0.15, 0.2) is 42.5 Å². The predicted molar refractivity (Wildman–Crippen MR) is 96.4 cm³/mol. The minimum Gasteiger partial charge on any atom is -0.326 e. The maximum Gasteiger partial charge on any atom is 0.416 e. The van der Waals surface area contributed by atoms with Crippen LogP contribution in [0.4, 0.5) is 24.5 Å². The molecule has 0 bridgehead atoms. The third-order valence-electron chi connectivity index (χ3n) is 4.86. The van der Waals surface area contributed by atoms with Crippen LogP contribution >= 0.6 is 0 Å². The van der Waals surface area contributed by atoms with E-state index >= 15 is 0 Å². The van der Waals surface area contributed by atoms with Crippen molar-refractivity contribution in [1.29, 1.82) is 0 Å². The fraction of sp³-hybridized carbons (Fsp3) is 0.300. The second-order valence-corrected chi connectivity index (χ2v) is 6.69. The van der Waals surface area contributed by atoms with Crippen molar-refractivity contribution in [3.05, 3.63) is 59.2 Å². The molecule has 1 heterocycles. The normalized spacial score (nSPS) is 17.3. The number of hydrogen-bond donors (Lipinski definition) is 1. The number of carbonyl (C=O) groups is 2. The van der Waals surface area contributed by atoms with Gasteiger partial charge in [-0.2, -0.15) is 13.2 Å². The Bertz CT molecular complexity index is 876. The summed E-state index contributed by atoms with van der Waals surface area (Å²) in [6, 6.07) is 9.96. The van der Waals surface area contributed by atoms with Gasteiger partial charge in [0, 0.05) is 24.3 Å². The Kier molecular flexibility index (Phi) is 4.95. The van der Waals surface area contributed by atoms with Crippen LogP contribution in [0.25, 0.3) is 0 Å². The van der Waals surface area contributed by atoms with E-state index in [1.807, 2.05) is 26.0 Å². The lowest BCUT2D eigenvalue weighted by molar-refractivity contribution is -0.137. The number of nitrogens with one attached hydrogen (secondary N) is 1. The Morgan fingerprint density at radius 3 is 2.41 bits per heavy atom. The average molecular weight is 376 g/mol. The van der Waals surface area contributed by atoms with E-state index in [-0.39, 0.29) is 24.8 Å². The van der Waals surface area contributed by atoms with Crippen molar-refractivity contribution in [3.63, 3.8) is 0 Å². The number of alkyl halides is 3. The summed E-state index contributed by atoms with van der Waals surface area (Å²) in [4.78, 5) is 26.2. The fourth-order valence-corrected chi connectivity index (χ4v) is 3.08. The lowest BCUT2D eigenvalue weighted by Gasteiger charge is -2.18. The van der Waals surface area contributed by atoms with E-state index in [9.17, 15) is 22.8 Å². The number of benzene rings is 2. The lowest BCUT2D eigenvalue weighted by Crippen LogP contribution is -2.28. The van der Waals surface area contributed by atoms with Crippen molar-refractivity contribution in [2.75, 3.05) is 16.8 Å². The highest BCUT2D eigenvalue weighted by molar-refractivity contribution is 6.03. The van der Waals surface area contributed by atoms with Gasteiger partial charge in [-0.1, -0.05) is 12.1 Å². The summed E-state index contributed by atoms with van der Waals surface area (Å²) in [6.45, 7) is 3.98. The first kappa shape index (κ1) is 18.9. The Labute approximate surface area is 155 Å². The van der Waals surface area contributed by atoms with Crippen LogP contribution in [0.1, 0.15) is 23.1 Å². The molecule has 1 fully saturated rings. The predicted octanol–water partition coefficient (Wildman–Crippen LogP) is 4.31. The van der Waals surface area contributed by atoms with Crippen molar-refractivity contribution < 1.29 is 22.8 Å². The lowest BCUT2D eigenvalue weighted by atomic mass is 10.1. The Balaban J connectivity index is 1.71. The van der Waals surface area contributed by atoms with Gasteiger partial charge in [-0.15, -0.1) is 0 Å². The summed E-state index contributed by atoms with van der Waals surface area (Å²) in [6.07, 6.45) is -4.40. The van der Waals surface area contributed by atoms with Crippen LogP contribution in [0.5, 0.6) is 0 Å². The molecule has 0 saturated carbocycles. The molecule has 27 heavy (non-hydrogen) atoms. The quantitative estimate of drug-likeness (QED) is 0.868. The first-order chi connectivity index (χ1) is 12.7. The number of carbonyl (C=O) groups excluding carboxylic acids is 2. The number of halogens is 3. The van der Waals surface area contributed by atoms with E-state index in [4.69, 9.17) is 0 Å². The number of aryl methyl sites for hydroxylation is 1. The zero-order valence-electron chi connectivity index (χ0n) is 14.9. The molecule has 3 rings (SSSR count). The molecule has 1 atom stereocenters. The van der Waals surface area contributed by atoms with E-state index in [0.717, 1.165) is 23.3 Å². The van der Waals surface area contributed by atoms with Gasteiger partial charge in [0.15, 0.2) is 0 Å². The van der Waals surface area contributed by atoms with Crippen molar-refractivity contribution in [1.82, 2.24) is 0 Å². The summed E-state index contributed by atoms with van der Waals surface area (Å²) in [7, 11) is 0. The van der Waals surface area contributed by atoms with Gasteiger partial charge >= 0.3 is 6.18 Å². The second kappa shape index (κ2) is 7.06. The van der Waals surface area contributed by atoms with Gasteiger partial charge in [-0.3, -0.25) is 9.59 Å². The number of rotatable bonds is 3. The van der Waals surface area contributed by atoms with Crippen LogP contribution in [-0.4, -0.2) is 18.4 Å². The second-order valence-electron chi connectivity index (χ2n) is 6.69. The van der Waals surface area contributed by atoms with Crippen molar-refractivity contribution in [3.8, 4) is 0 Å². The fourth-order valence-electron chi connectivity index (χ4n) is 3.08. The van der Waals surface area contributed by atoms with Gasteiger partial charge in [-0.05, 0) is 55.3 Å². The maximum atomic E-state index is 12.7. The van der Waals surface area contributed by atoms with E-state index in [2.05, 4.69) is 5.32 Å². The average Bonchev–Trinajstić information content (AvgIpc) is 3.00. The van der Waals surface area contributed by atoms with E-state index < -0.39 is 17.7 Å². The molecule has 142 valence electrons. The molecule has 0 aromatic heterocycles. The highest BCUT2D eigenvalue weighted by atomic mass is 19.4. The van der Waals surface area contributed by atoms with Gasteiger partial charge in [0.1, 0.15) is 0 Å². The Morgan fingerprint density at radius 1 is 1.11 bits per heavy atom. The molecular formula is C20H19F3N2O2. The number of nitrogens with zero attached hydrogens (tertiary/aromatic N) is 1. The van der Waals surface area contributed by atoms with Crippen molar-refractivity contribution in [2.45, 2.75) is 26.4 Å². The molecule has 0 spiro atoms. The van der Waals surface area contributed by atoms with Crippen LogP contribution in [0.2, 0.25) is 0 Å². The molecule has 0 radical (unpaired) electrons. The first-order valence-electron chi connectivity index (χ1n) is 8.51. The SMILES string of the molecule is Cc1cccc(NC(=O)C2CC(=O)N(c3ccc(C(F)(F)F)cc3)C2)c1C. The van der Waals surface area contributed by atoms with Crippen LogP contribution in [0.3, 0.4) is 0 Å². The molecule has 1 saturated heterocycles. The number of hydrogen-bond acceptors (Lipinski definition) is 2. The first-order valence-corrected chi connectivity index (χ1v) is 8.51. The van der Waals surface area contributed by atoms with Gasteiger partial charge in [0.05, 0.1) is 11.5 Å². The maximum absolute atomic E-state index is 12.7. The van der Waals surface area contributed by atoms with Gasteiger partial charge in [-0.25, -0.2) is 0 Å². The zero-order chi connectivity index (χ0) is 19.8.